The van der Waals surface area contributed by atoms with E-state index in [4.69, 9.17) is 0 Å². The number of piperidine rings is 1. The molecule has 0 radical (unpaired) electrons. The highest BCUT2D eigenvalue weighted by Gasteiger charge is 2.39. The third-order valence-electron chi connectivity index (χ3n) is 5.85. The first-order valence-electron chi connectivity index (χ1n) is 10.8. The molecular weight excluding hydrogens is 404 g/mol. The highest BCUT2D eigenvalue weighted by atomic mass is 16.3. The molecule has 8 nitrogen and oxygen atoms in total. The monoisotopic (exact) mass is 438 g/mol. The maximum absolute atomic E-state index is 10.6. The van der Waals surface area contributed by atoms with Gasteiger partial charge in [-0.25, -0.2) is 4.98 Å². The summed E-state index contributed by atoms with van der Waals surface area (Å²) in [5.74, 6) is 0.0108. The van der Waals surface area contributed by atoms with Gasteiger partial charge in [-0.2, -0.15) is 0 Å². The van der Waals surface area contributed by atoms with E-state index in [0.29, 0.717) is 28.5 Å². The number of hydrogen-bond donors (Lipinski definition) is 3. The Morgan fingerprint density at radius 1 is 1.12 bits per heavy atom. The number of aromatic nitrogens is 3. The molecule has 2 heterocycles. The van der Waals surface area contributed by atoms with Gasteiger partial charge in [0, 0.05) is 42.3 Å². The molecule has 1 aliphatic rings. The normalized spacial score (nSPS) is 18.8. The Bertz CT molecular complexity index is 1010. The zero-order chi connectivity index (χ0) is 23.7. The first-order chi connectivity index (χ1) is 15.0. The minimum Gasteiger partial charge on any atom is -0.504 e. The Balaban J connectivity index is 1.87. The molecule has 3 N–H and O–H groups in total. The van der Waals surface area contributed by atoms with E-state index < -0.39 is 0 Å². The molecule has 0 spiro atoms. The van der Waals surface area contributed by atoms with Crippen molar-refractivity contribution in [3.8, 4) is 22.8 Å². The summed E-state index contributed by atoms with van der Waals surface area (Å²) in [6.45, 7) is 10.7. The molecule has 8 heteroatoms. The summed E-state index contributed by atoms with van der Waals surface area (Å²) in [5.41, 5.74) is 1.77. The minimum atomic E-state index is -0.271. The molecule has 2 aromatic rings. The van der Waals surface area contributed by atoms with E-state index in [-0.39, 0.29) is 28.6 Å². The standard InChI is InChI=1S/C24H34N6O2/c1-8-9-18(25-6)16-10-11-17(21(32)20(16)31)19-14-26-22(28-27-19)30(7)15-12-23(2,3)29-24(4,5)13-15/h8-11,14-15,29,31-32H,12-13H2,1-7H3/b9-8-,25-18?. The molecule has 1 aromatic heterocycles. The first-order valence-corrected chi connectivity index (χ1v) is 10.8. The van der Waals surface area contributed by atoms with E-state index in [1.165, 1.54) is 0 Å². The highest BCUT2D eigenvalue weighted by molar-refractivity contribution is 6.11. The number of benzene rings is 1. The van der Waals surface area contributed by atoms with Crippen molar-refractivity contribution < 1.29 is 10.2 Å². The first kappa shape index (κ1) is 23.7. The predicted molar refractivity (Wildman–Crippen MR) is 129 cm³/mol. The van der Waals surface area contributed by atoms with E-state index in [0.717, 1.165) is 12.8 Å². The van der Waals surface area contributed by atoms with Gasteiger partial charge in [0.05, 0.1) is 11.9 Å². The van der Waals surface area contributed by atoms with Crippen molar-refractivity contribution in [1.29, 1.82) is 0 Å². The number of rotatable bonds is 5. The van der Waals surface area contributed by atoms with Gasteiger partial charge in [-0.3, -0.25) is 4.99 Å². The molecule has 172 valence electrons. The lowest BCUT2D eigenvalue weighted by Crippen LogP contribution is -2.62. The lowest BCUT2D eigenvalue weighted by molar-refractivity contribution is 0.160. The van der Waals surface area contributed by atoms with Crippen LogP contribution in [0.4, 0.5) is 5.95 Å². The number of aromatic hydroxyl groups is 2. The second-order valence-electron chi connectivity index (χ2n) is 9.68. The molecule has 0 atom stereocenters. The van der Waals surface area contributed by atoms with E-state index >= 15 is 0 Å². The van der Waals surface area contributed by atoms with Crippen molar-refractivity contribution in [1.82, 2.24) is 20.5 Å². The fourth-order valence-corrected chi connectivity index (χ4v) is 4.70. The number of allylic oxidation sites excluding steroid dienone is 2. The second-order valence-corrected chi connectivity index (χ2v) is 9.68. The molecule has 0 amide bonds. The summed E-state index contributed by atoms with van der Waals surface area (Å²) >= 11 is 0. The maximum Gasteiger partial charge on any atom is 0.245 e. The summed E-state index contributed by atoms with van der Waals surface area (Å²) in [7, 11) is 3.62. The molecule has 0 bridgehead atoms. The van der Waals surface area contributed by atoms with Crippen molar-refractivity contribution >= 4 is 11.7 Å². The third kappa shape index (κ3) is 4.91. The van der Waals surface area contributed by atoms with Crippen LogP contribution in [0.5, 0.6) is 11.5 Å². The fourth-order valence-electron chi connectivity index (χ4n) is 4.70. The van der Waals surface area contributed by atoms with Crippen LogP contribution in [0, 0.1) is 0 Å². The van der Waals surface area contributed by atoms with Gasteiger partial charge >= 0.3 is 0 Å². The summed E-state index contributed by atoms with van der Waals surface area (Å²) < 4.78 is 0. The van der Waals surface area contributed by atoms with Crippen LogP contribution in [0.3, 0.4) is 0 Å². The number of phenolic OH excluding ortho intramolecular Hbond substituents is 2. The zero-order valence-electron chi connectivity index (χ0n) is 20.0. The molecule has 0 unspecified atom stereocenters. The Kier molecular flexibility index (Phi) is 6.55. The number of nitrogens with one attached hydrogen (secondary N) is 1. The number of anilines is 1. The number of hydrogen-bond acceptors (Lipinski definition) is 8. The zero-order valence-corrected chi connectivity index (χ0v) is 20.0. The van der Waals surface area contributed by atoms with Crippen molar-refractivity contribution in [2.75, 3.05) is 19.0 Å². The largest absolute Gasteiger partial charge is 0.504 e. The van der Waals surface area contributed by atoms with E-state index in [2.05, 4.69) is 58.1 Å². The summed E-state index contributed by atoms with van der Waals surface area (Å²) in [6, 6.07) is 3.66. The van der Waals surface area contributed by atoms with E-state index in [1.54, 1.807) is 31.5 Å². The van der Waals surface area contributed by atoms with Crippen LogP contribution in [0.2, 0.25) is 0 Å². The molecule has 1 fully saturated rings. The smallest absolute Gasteiger partial charge is 0.245 e. The van der Waals surface area contributed by atoms with Gasteiger partial charge in [0.2, 0.25) is 5.95 Å². The van der Waals surface area contributed by atoms with Gasteiger partial charge in [-0.05, 0) is 65.7 Å². The molecule has 32 heavy (non-hydrogen) atoms. The van der Waals surface area contributed by atoms with E-state index in [9.17, 15) is 10.2 Å². The van der Waals surface area contributed by atoms with Crippen LogP contribution in [0.15, 0.2) is 35.5 Å². The van der Waals surface area contributed by atoms with E-state index in [1.807, 2.05) is 20.0 Å². The minimum absolute atomic E-state index is 0.00667. The van der Waals surface area contributed by atoms with Crippen LogP contribution >= 0.6 is 0 Å². The molecule has 1 aromatic carbocycles. The van der Waals surface area contributed by atoms with Crippen LogP contribution in [0.25, 0.3) is 11.3 Å². The molecule has 0 aliphatic carbocycles. The van der Waals surface area contributed by atoms with Crippen molar-refractivity contribution in [2.45, 2.75) is 64.6 Å². The lowest BCUT2D eigenvalue weighted by Gasteiger charge is -2.48. The molecule has 1 saturated heterocycles. The average molecular weight is 439 g/mol. The van der Waals surface area contributed by atoms with Gasteiger partial charge in [0.25, 0.3) is 0 Å². The van der Waals surface area contributed by atoms with Gasteiger partial charge < -0.3 is 20.4 Å². The van der Waals surface area contributed by atoms with Crippen molar-refractivity contribution in [3.63, 3.8) is 0 Å². The van der Waals surface area contributed by atoms with Gasteiger partial charge in [0.15, 0.2) is 11.5 Å². The summed E-state index contributed by atoms with van der Waals surface area (Å²) in [4.78, 5) is 10.7. The average Bonchev–Trinajstić information content (AvgIpc) is 2.72. The summed E-state index contributed by atoms with van der Waals surface area (Å²) in [6.07, 6.45) is 7.08. The Morgan fingerprint density at radius 3 is 2.31 bits per heavy atom. The predicted octanol–water partition coefficient (Wildman–Crippen LogP) is 3.69. The van der Waals surface area contributed by atoms with Gasteiger partial charge in [-0.15, -0.1) is 10.2 Å². The Labute approximate surface area is 190 Å². The number of phenols is 2. The van der Waals surface area contributed by atoms with Crippen LogP contribution in [-0.4, -0.2) is 62.3 Å². The second kappa shape index (κ2) is 8.86. The maximum atomic E-state index is 10.6. The summed E-state index contributed by atoms with van der Waals surface area (Å²) in [5, 5.41) is 33.4. The van der Waals surface area contributed by atoms with Crippen LogP contribution in [0.1, 0.15) is 53.0 Å². The van der Waals surface area contributed by atoms with Crippen molar-refractivity contribution in [3.05, 3.63) is 36.0 Å². The number of aliphatic imine (C=N–C) groups is 1. The van der Waals surface area contributed by atoms with Gasteiger partial charge in [-0.1, -0.05) is 6.08 Å². The van der Waals surface area contributed by atoms with Gasteiger partial charge in [0.1, 0.15) is 5.69 Å². The van der Waals surface area contributed by atoms with Crippen LogP contribution in [-0.2, 0) is 0 Å². The highest BCUT2D eigenvalue weighted by Crippen LogP contribution is 2.38. The quantitative estimate of drug-likeness (QED) is 0.483. The van der Waals surface area contributed by atoms with Crippen LogP contribution < -0.4 is 10.2 Å². The SMILES string of the molecule is C/C=C\C(=NC)c1ccc(-c2cnc(N(C)C3CC(C)(C)NC(C)(C)C3)nn2)c(O)c1O. The van der Waals surface area contributed by atoms with Crippen molar-refractivity contribution in [2.24, 2.45) is 4.99 Å². The Hall–Kier alpha value is -3.00. The molecule has 1 aliphatic heterocycles. The lowest BCUT2D eigenvalue weighted by atomic mass is 9.79. The Morgan fingerprint density at radius 2 is 1.78 bits per heavy atom. The fraction of sp³-hybridized carbons (Fsp3) is 0.500. The third-order valence-corrected chi connectivity index (χ3v) is 5.85. The molecule has 0 saturated carbocycles. The molecule has 3 rings (SSSR count). The molecular formula is C24H34N6O2. The topological polar surface area (TPSA) is 107 Å². The number of nitrogens with zero attached hydrogens (tertiary/aromatic N) is 5.